The largest absolute Gasteiger partial charge is 0.489 e. The Morgan fingerprint density at radius 1 is 1.30 bits per heavy atom. The Kier molecular flexibility index (Phi) is 3.76. The minimum Gasteiger partial charge on any atom is -0.489 e. The zero-order chi connectivity index (χ0) is 16.4. The molecule has 1 aliphatic rings. The highest BCUT2D eigenvalue weighted by Gasteiger charge is 2.28. The fourth-order valence-electron chi connectivity index (χ4n) is 2.40. The lowest BCUT2D eigenvalue weighted by Gasteiger charge is -2.30. The first kappa shape index (κ1) is 15.1. The maximum Gasteiger partial charge on any atom is 0.257 e. The highest BCUT2D eigenvalue weighted by atomic mass is 32.2. The molecule has 0 spiro atoms. The summed E-state index contributed by atoms with van der Waals surface area (Å²) in [5.74, 6) is 0.460. The second-order valence-corrected chi connectivity index (χ2v) is 6.66. The molecular formula is C16H13N3O3S. The molecule has 116 valence electrons. The van der Waals surface area contributed by atoms with E-state index in [-0.39, 0.29) is 13.2 Å². The molecule has 3 rings (SSSR count). The van der Waals surface area contributed by atoms with E-state index in [0.29, 0.717) is 22.6 Å². The quantitative estimate of drug-likeness (QED) is 0.863. The fourth-order valence-corrected chi connectivity index (χ4v) is 3.32. The van der Waals surface area contributed by atoms with Crippen molar-refractivity contribution >= 4 is 15.7 Å². The number of fused-ring (bicyclic) bond motifs is 1. The normalized spacial score (nSPS) is 13.6. The molecule has 1 aromatic carbocycles. The topological polar surface area (TPSA) is 83.3 Å². The third kappa shape index (κ3) is 2.64. The second kappa shape index (κ2) is 5.74. The van der Waals surface area contributed by atoms with Crippen LogP contribution in [-0.4, -0.2) is 26.6 Å². The average molecular weight is 327 g/mol. The summed E-state index contributed by atoms with van der Waals surface area (Å²) in [4.78, 5) is 4.13. The van der Waals surface area contributed by atoms with Crippen LogP contribution in [0.15, 0.2) is 48.6 Å². The Balaban J connectivity index is 2.13. The van der Waals surface area contributed by atoms with E-state index in [1.165, 1.54) is 10.5 Å². The van der Waals surface area contributed by atoms with E-state index in [1.807, 2.05) is 0 Å². The molecule has 0 amide bonds. The van der Waals surface area contributed by atoms with Gasteiger partial charge in [0.25, 0.3) is 10.0 Å². The summed E-state index contributed by atoms with van der Waals surface area (Å²) < 4.78 is 31.2. The van der Waals surface area contributed by atoms with Gasteiger partial charge in [-0.3, -0.25) is 9.29 Å². The molecule has 0 N–H and O–H groups in total. The monoisotopic (exact) mass is 327 g/mol. The molecule has 0 radical (unpaired) electrons. The van der Waals surface area contributed by atoms with Crippen LogP contribution in [0.3, 0.4) is 0 Å². The third-order valence-electron chi connectivity index (χ3n) is 3.53. The molecule has 0 saturated carbocycles. The number of benzene rings is 1. The van der Waals surface area contributed by atoms with Gasteiger partial charge < -0.3 is 4.74 Å². The molecule has 7 heteroatoms. The number of nitriles is 1. The Morgan fingerprint density at radius 2 is 2.04 bits per heavy atom. The van der Waals surface area contributed by atoms with E-state index in [2.05, 4.69) is 17.6 Å². The van der Waals surface area contributed by atoms with Crippen LogP contribution >= 0.6 is 0 Å². The minimum atomic E-state index is -3.61. The molecule has 0 bridgehead atoms. The van der Waals surface area contributed by atoms with Crippen LogP contribution in [0.25, 0.3) is 11.1 Å². The number of rotatable bonds is 3. The Hall–Kier alpha value is -2.85. The molecule has 23 heavy (non-hydrogen) atoms. The first-order chi connectivity index (χ1) is 11.1. The summed E-state index contributed by atoms with van der Waals surface area (Å²) in [6.45, 7) is 3.81. The van der Waals surface area contributed by atoms with Crippen LogP contribution < -0.4 is 9.04 Å². The van der Waals surface area contributed by atoms with Gasteiger partial charge in [-0.05, 0) is 17.7 Å². The van der Waals surface area contributed by atoms with Crippen molar-refractivity contribution in [1.29, 1.82) is 5.26 Å². The van der Waals surface area contributed by atoms with Crippen LogP contribution in [0.5, 0.6) is 5.75 Å². The Labute approximate surface area is 134 Å². The summed E-state index contributed by atoms with van der Waals surface area (Å²) >= 11 is 0. The van der Waals surface area contributed by atoms with Gasteiger partial charge in [-0.25, -0.2) is 8.42 Å². The maximum absolute atomic E-state index is 12.1. The number of ether oxygens (including phenoxy) is 1. The standard InChI is InChI=1S/C16H13N3O3S/c1-2-23(20,21)19-7-8-22-16-14(10-18-11-15(16)19)13-5-3-12(9-17)4-6-13/h2-6,10-11H,1,7-8H2. The number of hydrogen-bond acceptors (Lipinski definition) is 5. The van der Waals surface area contributed by atoms with Crippen molar-refractivity contribution in [3.8, 4) is 22.9 Å². The van der Waals surface area contributed by atoms with Gasteiger partial charge in [0.05, 0.1) is 24.4 Å². The van der Waals surface area contributed by atoms with Crippen molar-refractivity contribution in [3.63, 3.8) is 0 Å². The van der Waals surface area contributed by atoms with Crippen molar-refractivity contribution in [2.75, 3.05) is 17.5 Å². The maximum atomic E-state index is 12.1. The van der Waals surface area contributed by atoms with E-state index in [1.54, 1.807) is 30.5 Å². The predicted molar refractivity (Wildman–Crippen MR) is 86.3 cm³/mol. The van der Waals surface area contributed by atoms with E-state index in [0.717, 1.165) is 11.0 Å². The average Bonchev–Trinajstić information content (AvgIpc) is 2.60. The zero-order valence-corrected chi connectivity index (χ0v) is 13.0. The number of aromatic nitrogens is 1. The molecule has 0 aliphatic carbocycles. The van der Waals surface area contributed by atoms with Gasteiger partial charge in [-0.1, -0.05) is 18.7 Å². The molecule has 6 nitrogen and oxygen atoms in total. The predicted octanol–water partition coefficient (Wildman–Crippen LogP) is 2.29. The number of hydrogen-bond donors (Lipinski definition) is 0. The first-order valence-electron chi connectivity index (χ1n) is 6.83. The van der Waals surface area contributed by atoms with E-state index >= 15 is 0 Å². The van der Waals surface area contributed by atoms with Gasteiger partial charge in [0.15, 0.2) is 5.75 Å². The van der Waals surface area contributed by atoms with E-state index in [9.17, 15) is 8.42 Å². The molecule has 2 aromatic rings. The smallest absolute Gasteiger partial charge is 0.257 e. The van der Waals surface area contributed by atoms with Gasteiger partial charge in [0.1, 0.15) is 12.3 Å². The molecule has 1 aliphatic heterocycles. The van der Waals surface area contributed by atoms with Crippen LogP contribution in [0.1, 0.15) is 5.56 Å². The molecular weight excluding hydrogens is 314 g/mol. The third-order valence-corrected chi connectivity index (χ3v) is 4.94. The van der Waals surface area contributed by atoms with Crippen molar-refractivity contribution in [2.45, 2.75) is 0 Å². The molecule has 0 saturated heterocycles. The van der Waals surface area contributed by atoms with Gasteiger partial charge >= 0.3 is 0 Å². The lowest BCUT2D eigenvalue weighted by molar-refractivity contribution is 0.317. The van der Waals surface area contributed by atoms with Crippen LogP contribution in [-0.2, 0) is 10.0 Å². The fraction of sp³-hybridized carbons (Fsp3) is 0.125. The summed E-state index contributed by atoms with van der Waals surface area (Å²) in [6.07, 6.45) is 3.08. The lowest BCUT2D eigenvalue weighted by Crippen LogP contribution is -2.36. The van der Waals surface area contributed by atoms with Gasteiger partial charge in [-0.2, -0.15) is 5.26 Å². The lowest BCUT2D eigenvalue weighted by atomic mass is 10.0. The number of anilines is 1. The second-order valence-electron chi connectivity index (χ2n) is 4.86. The van der Waals surface area contributed by atoms with Crippen molar-refractivity contribution < 1.29 is 13.2 Å². The van der Waals surface area contributed by atoms with E-state index < -0.39 is 10.0 Å². The SMILES string of the molecule is C=CS(=O)(=O)N1CCOc2c(-c3ccc(C#N)cc3)cncc21. The number of nitrogens with zero attached hydrogens (tertiary/aromatic N) is 3. The summed E-state index contributed by atoms with van der Waals surface area (Å²) in [5, 5.41) is 9.79. The highest BCUT2D eigenvalue weighted by molar-refractivity contribution is 7.95. The first-order valence-corrected chi connectivity index (χ1v) is 8.33. The van der Waals surface area contributed by atoms with Crippen LogP contribution in [0, 0.1) is 11.3 Å². The van der Waals surface area contributed by atoms with Crippen LogP contribution in [0.4, 0.5) is 5.69 Å². The van der Waals surface area contributed by atoms with Gasteiger partial charge in [0, 0.05) is 17.2 Å². The Bertz CT molecular complexity index is 899. The number of sulfonamides is 1. The van der Waals surface area contributed by atoms with Gasteiger partial charge in [0.2, 0.25) is 0 Å². The number of pyridine rings is 1. The molecule has 1 aromatic heterocycles. The van der Waals surface area contributed by atoms with E-state index in [4.69, 9.17) is 10.00 Å². The Morgan fingerprint density at radius 3 is 2.70 bits per heavy atom. The zero-order valence-electron chi connectivity index (χ0n) is 12.1. The van der Waals surface area contributed by atoms with Crippen molar-refractivity contribution in [2.24, 2.45) is 0 Å². The molecule has 0 unspecified atom stereocenters. The van der Waals surface area contributed by atoms with Crippen molar-refractivity contribution in [3.05, 3.63) is 54.2 Å². The minimum absolute atomic E-state index is 0.208. The molecule has 0 fully saturated rings. The van der Waals surface area contributed by atoms with Crippen molar-refractivity contribution in [1.82, 2.24) is 4.98 Å². The summed E-state index contributed by atoms with van der Waals surface area (Å²) in [7, 11) is -3.61. The summed E-state index contributed by atoms with van der Waals surface area (Å²) in [5.41, 5.74) is 2.41. The molecule has 0 atom stereocenters. The summed E-state index contributed by atoms with van der Waals surface area (Å²) in [6, 6.07) is 8.99. The van der Waals surface area contributed by atoms with Gasteiger partial charge in [-0.15, -0.1) is 0 Å². The van der Waals surface area contributed by atoms with Crippen LogP contribution in [0.2, 0.25) is 0 Å². The molecule has 2 heterocycles. The highest BCUT2D eigenvalue weighted by Crippen LogP contribution is 2.40.